The van der Waals surface area contributed by atoms with Gasteiger partial charge in [-0.1, -0.05) is 6.42 Å². The highest BCUT2D eigenvalue weighted by Crippen LogP contribution is 2.24. The largest absolute Gasteiger partial charge is 0.314 e. The molecule has 0 bridgehead atoms. The van der Waals surface area contributed by atoms with Gasteiger partial charge in [0, 0.05) is 32.3 Å². The lowest BCUT2D eigenvalue weighted by molar-refractivity contribution is 0.298. The number of hydrogen-bond acceptors (Lipinski definition) is 4. The van der Waals surface area contributed by atoms with Gasteiger partial charge in [-0.25, -0.2) is 0 Å². The predicted molar refractivity (Wildman–Crippen MR) is 86.4 cm³/mol. The monoisotopic (exact) mass is 364 g/mol. The minimum absolute atomic E-state index is 0.470. The second-order valence-corrected chi connectivity index (χ2v) is 7.23. The van der Waals surface area contributed by atoms with Gasteiger partial charge in [-0.05, 0) is 35.2 Å². The van der Waals surface area contributed by atoms with Crippen molar-refractivity contribution in [2.75, 3.05) is 13.1 Å². The van der Waals surface area contributed by atoms with E-state index >= 15 is 0 Å². The van der Waals surface area contributed by atoms with Crippen molar-refractivity contribution >= 4 is 15.9 Å². The van der Waals surface area contributed by atoms with Gasteiger partial charge >= 0.3 is 0 Å². The van der Waals surface area contributed by atoms with E-state index in [2.05, 4.69) is 51.6 Å². The number of aromatic nitrogens is 5. The fourth-order valence-electron chi connectivity index (χ4n) is 3.55. The summed E-state index contributed by atoms with van der Waals surface area (Å²) in [5.74, 6) is 2.32. The molecule has 0 aromatic carbocycles. The average molecular weight is 365 g/mol. The van der Waals surface area contributed by atoms with Crippen molar-refractivity contribution in [1.29, 1.82) is 0 Å². The molecule has 0 N–H and O–H groups in total. The van der Waals surface area contributed by atoms with E-state index in [1.54, 1.807) is 0 Å². The Balaban J connectivity index is 1.43. The van der Waals surface area contributed by atoms with Crippen LogP contribution in [0, 0.1) is 0 Å². The maximum atomic E-state index is 4.45. The summed E-state index contributed by atoms with van der Waals surface area (Å²) < 4.78 is 5.48. The smallest absolute Gasteiger partial charge is 0.147 e. The topological polar surface area (TPSA) is 51.8 Å². The first-order chi connectivity index (χ1) is 10.8. The molecule has 0 amide bonds. The van der Waals surface area contributed by atoms with Crippen LogP contribution < -0.4 is 0 Å². The fraction of sp³-hybridized carbons (Fsp3) is 0.667. The number of fused-ring (bicyclic) bond motifs is 1. The molecule has 2 aromatic rings. The third kappa shape index (κ3) is 2.84. The molecule has 4 heterocycles. The van der Waals surface area contributed by atoms with Crippen molar-refractivity contribution in [2.45, 2.75) is 51.2 Å². The van der Waals surface area contributed by atoms with Gasteiger partial charge in [0.15, 0.2) is 0 Å². The van der Waals surface area contributed by atoms with Gasteiger partial charge in [0.1, 0.15) is 11.6 Å². The summed E-state index contributed by atoms with van der Waals surface area (Å²) in [5, 5.41) is 13.3. The Morgan fingerprint density at radius 1 is 1.18 bits per heavy atom. The van der Waals surface area contributed by atoms with Crippen LogP contribution in [0.2, 0.25) is 0 Å². The minimum Gasteiger partial charge on any atom is -0.314 e. The molecule has 0 spiro atoms. The molecule has 1 atom stereocenters. The van der Waals surface area contributed by atoms with E-state index in [9.17, 15) is 0 Å². The average Bonchev–Trinajstić information content (AvgIpc) is 3.18. The number of hydrogen-bond donors (Lipinski definition) is 0. The molecule has 0 aliphatic carbocycles. The van der Waals surface area contributed by atoms with Gasteiger partial charge < -0.3 is 4.57 Å². The molecular formula is C15H21BrN6. The summed E-state index contributed by atoms with van der Waals surface area (Å²) in [6, 6.07) is 0.470. The number of likely N-dealkylation sites (tertiary alicyclic amines) is 1. The summed E-state index contributed by atoms with van der Waals surface area (Å²) >= 11 is 3.47. The minimum atomic E-state index is 0.470. The normalized spacial score (nSPS) is 22.7. The molecule has 6 nitrogen and oxygen atoms in total. The summed E-state index contributed by atoms with van der Waals surface area (Å²) in [6.07, 6.45) is 9.97. The maximum Gasteiger partial charge on any atom is 0.147 e. The summed E-state index contributed by atoms with van der Waals surface area (Å²) in [5.41, 5.74) is 0. The second kappa shape index (κ2) is 6.12. The van der Waals surface area contributed by atoms with Crippen LogP contribution in [0.3, 0.4) is 0 Å². The van der Waals surface area contributed by atoms with E-state index in [0.717, 1.165) is 49.3 Å². The molecule has 2 aliphatic heterocycles. The summed E-state index contributed by atoms with van der Waals surface area (Å²) in [6.45, 7) is 4.13. The summed E-state index contributed by atoms with van der Waals surface area (Å²) in [4.78, 5) is 2.47. The van der Waals surface area contributed by atoms with Crippen LogP contribution in [-0.4, -0.2) is 42.5 Å². The molecule has 2 aromatic heterocycles. The Morgan fingerprint density at radius 3 is 3.00 bits per heavy atom. The molecule has 2 aliphatic rings. The van der Waals surface area contributed by atoms with Crippen molar-refractivity contribution < 1.29 is 0 Å². The molecule has 1 fully saturated rings. The first-order valence-electron chi connectivity index (χ1n) is 8.12. The van der Waals surface area contributed by atoms with Crippen LogP contribution in [0.1, 0.15) is 43.4 Å². The molecule has 22 heavy (non-hydrogen) atoms. The zero-order valence-electron chi connectivity index (χ0n) is 12.7. The molecule has 7 heteroatoms. The van der Waals surface area contributed by atoms with Crippen molar-refractivity contribution in [1.82, 2.24) is 29.4 Å². The van der Waals surface area contributed by atoms with Crippen molar-refractivity contribution in [2.24, 2.45) is 0 Å². The zero-order chi connectivity index (χ0) is 14.9. The first-order valence-corrected chi connectivity index (χ1v) is 8.92. The lowest BCUT2D eigenvalue weighted by Gasteiger charge is -2.16. The van der Waals surface area contributed by atoms with Crippen LogP contribution in [0.15, 0.2) is 16.9 Å². The van der Waals surface area contributed by atoms with Crippen LogP contribution in [-0.2, 0) is 19.5 Å². The first kappa shape index (κ1) is 14.4. The van der Waals surface area contributed by atoms with E-state index in [-0.39, 0.29) is 0 Å². The molecule has 118 valence electrons. The van der Waals surface area contributed by atoms with E-state index < -0.39 is 0 Å². The Kier molecular flexibility index (Phi) is 4.00. The van der Waals surface area contributed by atoms with Crippen molar-refractivity contribution in [3.05, 3.63) is 28.5 Å². The third-order valence-corrected chi connectivity index (χ3v) is 5.15. The Morgan fingerprint density at radius 2 is 2.14 bits per heavy atom. The fourth-order valence-corrected chi connectivity index (χ4v) is 3.85. The molecule has 0 radical (unpaired) electrons. The predicted octanol–water partition coefficient (Wildman–Crippen LogP) is 2.41. The molecular weight excluding hydrogens is 344 g/mol. The van der Waals surface area contributed by atoms with Gasteiger partial charge in [-0.15, -0.1) is 10.2 Å². The SMILES string of the molecule is Brc1cnn(C2CCN(Cc3nnc4n3CCCCC4)C2)c1. The quantitative estimate of drug-likeness (QED) is 0.838. The third-order valence-electron chi connectivity index (χ3n) is 4.74. The lowest BCUT2D eigenvalue weighted by atomic mass is 10.2. The van der Waals surface area contributed by atoms with Crippen LogP contribution in [0.5, 0.6) is 0 Å². The number of aryl methyl sites for hydroxylation is 1. The summed E-state index contributed by atoms with van der Waals surface area (Å²) in [7, 11) is 0. The molecule has 1 unspecified atom stereocenters. The van der Waals surface area contributed by atoms with Gasteiger partial charge in [0.2, 0.25) is 0 Å². The van der Waals surface area contributed by atoms with Crippen molar-refractivity contribution in [3.8, 4) is 0 Å². The highest BCUT2D eigenvalue weighted by molar-refractivity contribution is 9.10. The Hall–Kier alpha value is -1.21. The van der Waals surface area contributed by atoms with Crippen LogP contribution in [0.25, 0.3) is 0 Å². The van der Waals surface area contributed by atoms with E-state index in [4.69, 9.17) is 0 Å². The van der Waals surface area contributed by atoms with Gasteiger partial charge in [-0.2, -0.15) is 5.10 Å². The van der Waals surface area contributed by atoms with E-state index in [0.29, 0.717) is 6.04 Å². The number of halogens is 1. The standard InChI is InChI=1S/C15H21BrN6/c16-12-8-17-22(9-12)13-5-7-20(10-13)11-15-19-18-14-4-2-1-3-6-21(14)15/h8-9,13H,1-7,10-11H2. The highest BCUT2D eigenvalue weighted by Gasteiger charge is 2.26. The van der Waals surface area contributed by atoms with Gasteiger partial charge in [-0.3, -0.25) is 9.58 Å². The Labute approximate surface area is 138 Å². The van der Waals surface area contributed by atoms with Crippen molar-refractivity contribution in [3.63, 3.8) is 0 Å². The number of rotatable bonds is 3. The molecule has 1 saturated heterocycles. The number of nitrogens with zero attached hydrogens (tertiary/aromatic N) is 6. The van der Waals surface area contributed by atoms with Crippen LogP contribution in [0.4, 0.5) is 0 Å². The Bertz CT molecular complexity index is 648. The highest BCUT2D eigenvalue weighted by atomic mass is 79.9. The van der Waals surface area contributed by atoms with Gasteiger partial charge in [0.25, 0.3) is 0 Å². The molecule has 4 rings (SSSR count). The molecule has 0 saturated carbocycles. The van der Waals surface area contributed by atoms with E-state index in [1.807, 2.05) is 6.20 Å². The maximum absolute atomic E-state index is 4.45. The van der Waals surface area contributed by atoms with Crippen LogP contribution >= 0.6 is 15.9 Å². The van der Waals surface area contributed by atoms with Gasteiger partial charge in [0.05, 0.1) is 23.3 Å². The zero-order valence-corrected chi connectivity index (χ0v) is 14.2. The van der Waals surface area contributed by atoms with E-state index in [1.165, 1.54) is 25.1 Å². The lowest BCUT2D eigenvalue weighted by Crippen LogP contribution is -2.23. The second-order valence-electron chi connectivity index (χ2n) is 6.31.